The van der Waals surface area contributed by atoms with Gasteiger partial charge in [0.15, 0.2) is 0 Å². The number of aromatic nitrogens is 3. The SMILES string of the molecule is CC(CO)C(C)NC(=O)CCc1nc(-c2ccccn2)no1. The smallest absolute Gasteiger partial charge is 0.227 e. The summed E-state index contributed by atoms with van der Waals surface area (Å²) in [6.45, 7) is 3.78. The third kappa shape index (κ3) is 4.36. The van der Waals surface area contributed by atoms with E-state index in [1.165, 1.54) is 0 Å². The lowest BCUT2D eigenvalue weighted by Gasteiger charge is -2.18. The molecule has 0 aliphatic rings. The second-order valence-corrected chi connectivity index (χ2v) is 5.24. The molecule has 7 heteroatoms. The Bertz CT molecular complexity index is 600. The molecule has 1 amide bonds. The number of hydrogen-bond acceptors (Lipinski definition) is 6. The van der Waals surface area contributed by atoms with Crippen molar-refractivity contribution in [1.29, 1.82) is 0 Å². The zero-order valence-electron chi connectivity index (χ0n) is 12.7. The highest BCUT2D eigenvalue weighted by molar-refractivity contribution is 5.76. The van der Waals surface area contributed by atoms with Gasteiger partial charge in [-0.15, -0.1) is 0 Å². The first-order valence-electron chi connectivity index (χ1n) is 7.24. The summed E-state index contributed by atoms with van der Waals surface area (Å²) in [6.07, 6.45) is 2.28. The summed E-state index contributed by atoms with van der Waals surface area (Å²) in [5.74, 6) is 0.727. The number of aryl methyl sites for hydroxylation is 1. The van der Waals surface area contributed by atoms with Gasteiger partial charge in [-0.3, -0.25) is 9.78 Å². The van der Waals surface area contributed by atoms with Crippen LogP contribution in [0.2, 0.25) is 0 Å². The van der Waals surface area contributed by atoms with E-state index in [0.717, 1.165) is 0 Å². The van der Waals surface area contributed by atoms with Gasteiger partial charge in [0.2, 0.25) is 17.6 Å². The van der Waals surface area contributed by atoms with Crippen molar-refractivity contribution in [2.24, 2.45) is 5.92 Å². The van der Waals surface area contributed by atoms with Crippen molar-refractivity contribution in [1.82, 2.24) is 20.4 Å². The zero-order valence-corrected chi connectivity index (χ0v) is 12.7. The number of pyridine rings is 1. The molecule has 0 bridgehead atoms. The van der Waals surface area contributed by atoms with Gasteiger partial charge in [0.25, 0.3) is 0 Å². The van der Waals surface area contributed by atoms with Gasteiger partial charge >= 0.3 is 0 Å². The molecule has 7 nitrogen and oxygen atoms in total. The van der Waals surface area contributed by atoms with Crippen LogP contribution in [0.15, 0.2) is 28.9 Å². The van der Waals surface area contributed by atoms with Gasteiger partial charge in [-0.25, -0.2) is 0 Å². The van der Waals surface area contributed by atoms with Gasteiger partial charge in [-0.2, -0.15) is 4.98 Å². The maximum Gasteiger partial charge on any atom is 0.227 e. The molecule has 0 aliphatic heterocycles. The number of carbonyl (C=O) groups is 1. The van der Waals surface area contributed by atoms with Gasteiger partial charge in [0, 0.05) is 31.7 Å². The zero-order chi connectivity index (χ0) is 15.9. The Hall–Kier alpha value is -2.28. The van der Waals surface area contributed by atoms with Crippen molar-refractivity contribution in [2.45, 2.75) is 32.7 Å². The van der Waals surface area contributed by atoms with Crippen molar-refractivity contribution >= 4 is 5.91 Å². The van der Waals surface area contributed by atoms with Gasteiger partial charge < -0.3 is 14.9 Å². The number of rotatable bonds is 7. The van der Waals surface area contributed by atoms with Crippen LogP contribution in [-0.2, 0) is 11.2 Å². The van der Waals surface area contributed by atoms with Crippen molar-refractivity contribution in [3.63, 3.8) is 0 Å². The van der Waals surface area contributed by atoms with Gasteiger partial charge in [-0.1, -0.05) is 18.1 Å². The molecular weight excluding hydrogens is 284 g/mol. The summed E-state index contributed by atoms with van der Waals surface area (Å²) in [4.78, 5) is 20.2. The monoisotopic (exact) mass is 304 g/mol. The minimum atomic E-state index is -0.106. The third-order valence-corrected chi connectivity index (χ3v) is 3.46. The van der Waals surface area contributed by atoms with Crippen LogP contribution >= 0.6 is 0 Å². The Balaban J connectivity index is 1.85. The molecule has 22 heavy (non-hydrogen) atoms. The topological polar surface area (TPSA) is 101 Å². The van der Waals surface area contributed by atoms with E-state index in [0.29, 0.717) is 23.8 Å². The molecule has 0 spiro atoms. The highest BCUT2D eigenvalue weighted by Gasteiger charge is 2.15. The van der Waals surface area contributed by atoms with E-state index in [9.17, 15) is 4.79 Å². The van der Waals surface area contributed by atoms with Crippen LogP contribution < -0.4 is 5.32 Å². The van der Waals surface area contributed by atoms with E-state index in [1.54, 1.807) is 12.3 Å². The molecule has 2 rings (SSSR count). The van der Waals surface area contributed by atoms with Crippen LogP contribution in [0.5, 0.6) is 0 Å². The summed E-state index contributed by atoms with van der Waals surface area (Å²) in [5.41, 5.74) is 0.632. The van der Waals surface area contributed by atoms with Crippen molar-refractivity contribution in [3.05, 3.63) is 30.3 Å². The van der Waals surface area contributed by atoms with Crippen LogP contribution in [0.4, 0.5) is 0 Å². The summed E-state index contributed by atoms with van der Waals surface area (Å²) in [5, 5.41) is 15.7. The van der Waals surface area contributed by atoms with Crippen LogP contribution in [0.3, 0.4) is 0 Å². The number of aliphatic hydroxyl groups is 1. The predicted octanol–water partition coefficient (Wildman–Crippen LogP) is 1.20. The van der Waals surface area contributed by atoms with Gasteiger partial charge in [0.1, 0.15) is 5.69 Å². The average Bonchev–Trinajstić information content (AvgIpc) is 3.02. The fraction of sp³-hybridized carbons (Fsp3) is 0.467. The molecule has 0 saturated carbocycles. The summed E-state index contributed by atoms with van der Waals surface area (Å²) in [6, 6.07) is 5.36. The molecule has 0 aromatic carbocycles. The van der Waals surface area contributed by atoms with E-state index < -0.39 is 0 Å². The molecular formula is C15H20N4O3. The first-order valence-corrected chi connectivity index (χ1v) is 7.24. The molecule has 0 saturated heterocycles. The number of hydrogen-bond donors (Lipinski definition) is 2. The molecule has 0 fully saturated rings. The Morgan fingerprint density at radius 1 is 1.41 bits per heavy atom. The Morgan fingerprint density at radius 3 is 2.91 bits per heavy atom. The fourth-order valence-corrected chi connectivity index (χ4v) is 1.80. The molecule has 0 aliphatic carbocycles. The summed E-state index contributed by atoms with van der Waals surface area (Å²) < 4.78 is 5.12. The highest BCUT2D eigenvalue weighted by Crippen LogP contribution is 2.12. The molecule has 2 atom stereocenters. The lowest BCUT2D eigenvalue weighted by molar-refractivity contribution is -0.122. The number of carbonyl (C=O) groups excluding carboxylic acids is 1. The molecule has 2 unspecified atom stereocenters. The Labute approximate surface area is 128 Å². The first kappa shape index (κ1) is 16.1. The summed E-state index contributed by atoms with van der Waals surface area (Å²) in [7, 11) is 0. The molecule has 2 aromatic rings. The maximum absolute atomic E-state index is 11.8. The maximum atomic E-state index is 11.8. The van der Waals surface area contributed by atoms with Crippen molar-refractivity contribution in [2.75, 3.05) is 6.61 Å². The average molecular weight is 304 g/mol. The number of amides is 1. The van der Waals surface area contributed by atoms with Crippen LogP contribution in [0.1, 0.15) is 26.2 Å². The number of nitrogens with one attached hydrogen (secondary N) is 1. The first-order chi connectivity index (χ1) is 10.6. The van der Waals surface area contributed by atoms with Crippen LogP contribution in [0.25, 0.3) is 11.5 Å². The largest absolute Gasteiger partial charge is 0.396 e. The molecule has 0 radical (unpaired) electrons. The van der Waals surface area contributed by atoms with Gasteiger partial charge in [-0.05, 0) is 25.0 Å². The predicted molar refractivity (Wildman–Crippen MR) is 79.7 cm³/mol. The van der Waals surface area contributed by atoms with Crippen molar-refractivity contribution < 1.29 is 14.4 Å². The van der Waals surface area contributed by atoms with Crippen LogP contribution in [-0.4, -0.2) is 38.8 Å². The molecule has 2 heterocycles. The fourth-order valence-electron chi connectivity index (χ4n) is 1.80. The second-order valence-electron chi connectivity index (χ2n) is 5.24. The van der Waals surface area contributed by atoms with Crippen molar-refractivity contribution in [3.8, 4) is 11.5 Å². The van der Waals surface area contributed by atoms with E-state index in [1.807, 2.05) is 26.0 Å². The minimum absolute atomic E-state index is 0.0168. The van der Waals surface area contributed by atoms with E-state index in [-0.39, 0.29) is 30.9 Å². The molecule has 118 valence electrons. The lowest BCUT2D eigenvalue weighted by atomic mass is 10.1. The normalized spacial score (nSPS) is 13.6. The van der Waals surface area contributed by atoms with E-state index in [4.69, 9.17) is 9.63 Å². The van der Waals surface area contributed by atoms with Gasteiger partial charge in [0.05, 0.1) is 0 Å². The van der Waals surface area contributed by atoms with E-state index in [2.05, 4.69) is 20.4 Å². The minimum Gasteiger partial charge on any atom is -0.396 e. The second kappa shape index (κ2) is 7.65. The number of aliphatic hydroxyl groups excluding tert-OH is 1. The molecule has 2 N–H and O–H groups in total. The standard InChI is InChI=1S/C15H20N4O3/c1-10(9-20)11(2)17-13(21)6-7-14-18-15(19-22-14)12-5-3-4-8-16-12/h3-5,8,10-11,20H,6-7,9H2,1-2H3,(H,17,21). The van der Waals surface area contributed by atoms with Crippen LogP contribution in [0, 0.1) is 5.92 Å². The summed E-state index contributed by atoms with van der Waals surface area (Å²) >= 11 is 0. The van der Waals surface area contributed by atoms with E-state index >= 15 is 0 Å². The lowest BCUT2D eigenvalue weighted by Crippen LogP contribution is -2.38. The molecule has 2 aromatic heterocycles. The Kier molecular flexibility index (Phi) is 5.60. The highest BCUT2D eigenvalue weighted by atomic mass is 16.5. The Morgan fingerprint density at radius 2 is 2.23 bits per heavy atom. The number of nitrogens with zero attached hydrogens (tertiary/aromatic N) is 3. The third-order valence-electron chi connectivity index (χ3n) is 3.46. The quantitative estimate of drug-likeness (QED) is 0.797.